The molecule has 2 aromatic carbocycles. The topological polar surface area (TPSA) is 67.4 Å². The Bertz CT molecular complexity index is 871. The van der Waals surface area contributed by atoms with Gasteiger partial charge in [0, 0.05) is 18.7 Å². The van der Waals surface area contributed by atoms with Crippen LogP contribution in [0.1, 0.15) is 44.7 Å². The van der Waals surface area contributed by atoms with Gasteiger partial charge in [0.25, 0.3) is 0 Å². The van der Waals surface area contributed by atoms with Gasteiger partial charge in [0.05, 0.1) is 6.61 Å². The molecule has 0 aliphatic rings. The summed E-state index contributed by atoms with van der Waals surface area (Å²) in [6, 6.07) is 14.1. The van der Waals surface area contributed by atoms with E-state index in [9.17, 15) is 22.8 Å². The van der Waals surface area contributed by atoms with E-state index in [1.54, 1.807) is 17.4 Å². The summed E-state index contributed by atoms with van der Waals surface area (Å²) in [6.45, 7) is 6.57. The molecule has 2 aromatic rings. The Morgan fingerprint density at radius 2 is 1.55 bits per heavy atom. The first-order valence-corrected chi connectivity index (χ1v) is 9.92. The summed E-state index contributed by atoms with van der Waals surface area (Å²) in [5, 5.41) is 4.51. The molecule has 2 amide bonds. The molecule has 0 radical (unpaired) electrons. The number of hydrogen-bond acceptors (Lipinski definition) is 3. The molecule has 0 saturated carbocycles. The zero-order chi connectivity index (χ0) is 23.1. The van der Waals surface area contributed by atoms with E-state index in [1.807, 2.05) is 24.3 Å². The fourth-order valence-corrected chi connectivity index (χ4v) is 2.69. The molecule has 5 nitrogen and oxygen atoms in total. The SMILES string of the molecule is CC(C)(C)c1ccc(OCCCC(=O)Nc2ccc(CNC(=O)C(F)(F)F)cc2)cc1. The first-order chi connectivity index (χ1) is 14.4. The molecular weight excluding hydrogens is 409 g/mol. The predicted molar refractivity (Wildman–Crippen MR) is 113 cm³/mol. The molecule has 0 unspecified atom stereocenters. The maximum absolute atomic E-state index is 12.2. The van der Waals surface area contributed by atoms with Gasteiger partial charge in [-0.05, 0) is 47.2 Å². The Morgan fingerprint density at radius 3 is 2.10 bits per heavy atom. The van der Waals surface area contributed by atoms with Crippen molar-refractivity contribution >= 4 is 17.5 Å². The van der Waals surface area contributed by atoms with Crippen molar-refractivity contribution in [1.29, 1.82) is 0 Å². The molecule has 0 spiro atoms. The molecule has 0 atom stereocenters. The fourth-order valence-electron chi connectivity index (χ4n) is 2.69. The minimum Gasteiger partial charge on any atom is -0.494 e. The maximum atomic E-state index is 12.2. The van der Waals surface area contributed by atoms with Crippen LogP contribution in [-0.2, 0) is 21.5 Å². The lowest BCUT2D eigenvalue weighted by atomic mass is 9.87. The van der Waals surface area contributed by atoms with E-state index >= 15 is 0 Å². The number of nitrogens with one attached hydrogen (secondary N) is 2. The van der Waals surface area contributed by atoms with Crippen LogP contribution in [0, 0.1) is 0 Å². The highest BCUT2D eigenvalue weighted by Crippen LogP contribution is 2.24. The Balaban J connectivity index is 1.70. The highest BCUT2D eigenvalue weighted by Gasteiger charge is 2.38. The first kappa shape index (κ1) is 24.2. The van der Waals surface area contributed by atoms with Crippen molar-refractivity contribution < 1.29 is 27.5 Å². The number of amides is 2. The van der Waals surface area contributed by atoms with Crippen LogP contribution < -0.4 is 15.4 Å². The molecule has 0 aromatic heterocycles. The lowest BCUT2D eigenvalue weighted by molar-refractivity contribution is -0.173. The van der Waals surface area contributed by atoms with E-state index in [0.717, 1.165) is 5.75 Å². The number of halogens is 3. The monoisotopic (exact) mass is 436 g/mol. The second kappa shape index (κ2) is 10.3. The van der Waals surface area contributed by atoms with Crippen LogP contribution in [0.25, 0.3) is 0 Å². The predicted octanol–water partition coefficient (Wildman–Crippen LogP) is 4.96. The van der Waals surface area contributed by atoms with E-state index in [4.69, 9.17) is 4.74 Å². The number of hydrogen-bond donors (Lipinski definition) is 2. The highest BCUT2D eigenvalue weighted by atomic mass is 19.4. The number of carbonyl (C=O) groups is 2. The van der Waals surface area contributed by atoms with Crippen LogP contribution in [0.4, 0.5) is 18.9 Å². The molecule has 2 N–H and O–H groups in total. The molecule has 0 aliphatic carbocycles. The molecule has 31 heavy (non-hydrogen) atoms. The number of alkyl halides is 3. The smallest absolute Gasteiger partial charge is 0.471 e. The van der Waals surface area contributed by atoms with E-state index in [2.05, 4.69) is 26.1 Å². The molecule has 0 saturated heterocycles. The van der Waals surface area contributed by atoms with Crippen molar-refractivity contribution in [2.45, 2.75) is 51.7 Å². The number of carbonyl (C=O) groups excluding carboxylic acids is 2. The minimum absolute atomic E-state index is 0.0752. The number of ether oxygens (including phenoxy) is 1. The third kappa shape index (κ3) is 8.32. The molecular formula is C23H27F3N2O3. The summed E-state index contributed by atoms with van der Waals surface area (Å²) in [5.41, 5.74) is 2.30. The van der Waals surface area contributed by atoms with Crippen LogP contribution in [0.5, 0.6) is 5.75 Å². The Morgan fingerprint density at radius 1 is 0.935 bits per heavy atom. The molecule has 2 rings (SSSR count). The van der Waals surface area contributed by atoms with Crippen LogP contribution in [0.15, 0.2) is 48.5 Å². The van der Waals surface area contributed by atoms with Gasteiger partial charge in [-0.15, -0.1) is 0 Å². The summed E-state index contributed by atoms with van der Waals surface area (Å²) in [6.07, 6.45) is -4.11. The zero-order valence-electron chi connectivity index (χ0n) is 17.8. The minimum atomic E-state index is -4.91. The van der Waals surface area contributed by atoms with Crippen LogP contribution >= 0.6 is 0 Å². The Hall–Kier alpha value is -3.03. The third-order valence-corrected chi connectivity index (χ3v) is 4.49. The van der Waals surface area contributed by atoms with Crippen LogP contribution in [0.2, 0.25) is 0 Å². The normalized spacial score (nSPS) is 11.7. The quantitative estimate of drug-likeness (QED) is 0.575. The van der Waals surface area contributed by atoms with Crippen LogP contribution in [-0.4, -0.2) is 24.6 Å². The van der Waals surface area contributed by atoms with Gasteiger partial charge < -0.3 is 15.4 Å². The summed E-state index contributed by atoms with van der Waals surface area (Å²) >= 11 is 0. The molecule has 168 valence electrons. The molecule has 0 fully saturated rings. The second-order valence-corrected chi connectivity index (χ2v) is 8.15. The second-order valence-electron chi connectivity index (χ2n) is 8.15. The summed E-state index contributed by atoms with van der Waals surface area (Å²) in [7, 11) is 0. The molecule has 0 aliphatic heterocycles. The first-order valence-electron chi connectivity index (χ1n) is 9.92. The average molecular weight is 436 g/mol. The number of anilines is 1. The zero-order valence-corrected chi connectivity index (χ0v) is 17.8. The Kier molecular flexibility index (Phi) is 8.08. The third-order valence-electron chi connectivity index (χ3n) is 4.49. The van der Waals surface area contributed by atoms with Gasteiger partial charge in [-0.2, -0.15) is 13.2 Å². The van der Waals surface area contributed by atoms with Gasteiger partial charge in [0.1, 0.15) is 5.75 Å². The average Bonchev–Trinajstić information content (AvgIpc) is 2.69. The lowest BCUT2D eigenvalue weighted by Crippen LogP contribution is -2.36. The molecule has 0 bridgehead atoms. The van der Waals surface area contributed by atoms with Crippen molar-refractivity contribution in [3.63, 3.8) is 0 Å². The summed E-state index contributed by atoms with van der Waals surface area (Å²) in [5.74, 6) is -1.43. The lowest BCUT2D eigenvalue weighted by Gasteiger charge is -2.19. The van der Waals surface area contributed by atoms with Crippen molar-refractivity contribution in [3.8, 4) is 5.75 Å². The van der Waals surface area contributed by atoms with Crippen molar-refractivity contribution in [3.05, 3.63) is 59.7 Å². The van der Waals surface area contributed by atoms with E-state index in [0.29, 0.717) is 24.3 Å². The van der Waals surface area contributed by atoms with Crippen molar-refractivity contribution in [1.82, 2.24) is 5.32 Å². The number of rotatable bonds is 8. The van der Waals surface area contributed by atoms with Gasteiger partial charge in [-0.25, -0.2) is 0 Å². The maximum Gasteiger partial charge on any atom is 0.471 e. The van der Waals surface area contributed by atoms with Gasteiger partial charge in [0.2, 0.25) is 5.91 Å². The van der Waals surface area contributed by atoms with Gasteiger partial charge in [0.15, 0.2) is 0 Å². The largest absolute Gasteiger partial charge is 0.494 e. The number of benzene rings is 2. The molecule has 8 heteroatoms. The van der Waals surface area contributed by atoms with E-state index in [1.165, 1.54) is 17.7 Å². The summed E-state index contributed by atoms with van der Waals surface area (Å²) < 4.78 is 42.2. The van der Waals surface area contributed by atoms with E-state index < -0.39 is 12.1 Å². The van der Waals surface area contributed by atoms with E-state index in [-0.39, 0.29) is 24.3 Å². The molecule has 0 heterocycles. The van der Waals surface area contributed by atoms with Crippen LogP contribution in [0.3, 0.4) is 0 Å². The van der Waals surface area contributed by atoms with Crippen molar-refractivity contribution in [2.24, 2.45) is 0 Å². The Labute approximate surface area is 180 Å². The standard InChI is InChI=1S/C23H27F3N2O3/c1-22(2,3)17-8-12-19(13-9-17)31-14-4-5-20(29)28-18-10-6-16(7-11-18)15-27-21(30)23(24,25)26/h6-13H,4-5,14-15H2,1-3H3,(H,27,30)(H,28,29). The van der Waals surface area contributed by atoms with Gasteiger partial charge >= 0.3 is 12.1 Å². The fraction of sp³-hybridized carbons (Fsp3) is 0.391. The van der Waals surface area contributed by atoms with Gasteiger partial charge in [-0.3, -0.25) is 9.59 Å². The highest BCUT2D eigenvalue weighted by molar-refractivity contribution is 5.90. The van der Waals surface area contributed by atoms with Crippen molar-refractivity contribution in [2.75, 3.05) is 11.9 Å². The van der Waals surface area contributed by atoms with Gasteiger partial charge in [-0.1, -0.05) is 45.0 Å². The summed E-state index contributed by atoms with van der Waals surface area (Å²) in [4.78, 5) is 22.9.